The van der Waals surface area contributed by atoms with Crippen LogP contribution in [0.2, 0.25) is 5.02 Å². The molecule has 0 saturated carbocycles. The molecule has 0 saturated heterocycles. The maximum absolute atomic E-state index is 13.8. The summed E-state index contributed by atoms with van der Waals surface area (Å²) in [6, 6.07) is 28.9. The molecular weight excluding hydrogens is 528 g/mol. The van der Waals surface area contributed by atoms with Gasteiger partial charge in [0.1, 0.15) is 22.8 Å². The number of ether oxygens (including phenoxy) is 2. The van der Waals surface area contributed by atoms with Crippen molar-refractivity contribution in [2.75, 3.05) is 12.4 Å². The molecule has 0 aliphatic heterocycles. The molecule has 0 spiro atoms. The smallest absolute Gasteiger partial charge is 0.296 e. The largest absolute Gasteiger partial charge is 0.495 e. The van der Waals surface area contributed by atoms with Crippen molar-refractivity contribution < 1.29 is 14.3 Å². The van der Waals surface area contributed by atoms with Crippen molar-refractivity contribution in [1.29, 1.82) is 0 Å². The minimum atomic E-state index is -0.466. The van der Waals surface area contributed by atoms with E-state index in [4.69, 9.17) is 21.1 Å². The van der Waals surface area contributed by atoms with E-state index in [1.165, 1.54) is 11.8 Å². The maximum atomic E-state index is 13.8. The molecule has 0 aliphatic rings. The van der Waals surface area contributed by atoms with Gasteiger partial charge < -0.3 is 19.4 Å². The van der Waals surface area contributed by atoms with Gasteiger partial charge in [-0.15, -0.1) is 0 Å². The summed E-state index contributed by atoms with van der Waals surface area (Å²) in [4.78, 5) is 27.5. The lowest BCUT2D eigenvalue weighted by Crippen LogP contribution is -2.27. The molecule has 0 fully saturated rings. The maximum Gasteiger partial charge on any atom is 0.296 e. The third-order valence-electron chi connectivity index (χ3n) is 6.62. The van der Waals surface area contributed by atoms with Crippen molar-refractivity contribution in [2.45, 2.75) is 0 Å². The van der Waals surface area contributed by atoms with Gasteiger partial charge in [0.2, 0.25) is 0 Å². The first kappa shape index (κ1) is 25.2. The zero-order valence-corrected chi connectivity index (χ0v) is 22.3. The minimum Gasteiger partial charge on any atom is -0.495 e. The second-order valence-electron chi connectivity index (χ2n) is 9.08. The molecule has 2 heterocycles. The molecule has 0 aliphatic carbocycles. The first-order valence-electron chi connectivity index (χ1n) is 12.4. The molecule has 2 aromatic heterocycles. The van der Waals surface area contributed by atoms with Crippen molar-refractivity contribution in [1.82, 2.24) is 14.3 Å². The number of hydrogen-bond donors (Lipinski definition) is 1. The molecule has 0 radical (unpaired) electrons. The topological polar surface area (TPSA) is 87.4 Å². The Bertz CT molecular complexity index is 1950. The minimum absolute atomic E-state index is 0.1000. The van der Waals surface area contributed by atoms with E-state index in [1.807, 2.05) is 54.6 Å². The molecule has 0 unspecified atom stereocenters. The van der Waals surface area contributed by atoms with Crippen LogP contribution in [0.15, 0.2) is 102 Å². The fraction of sp³-hybridized carbons (Fsp3) is 0.0645. The van der Waals surface area contributed by atoms with Gasteiger partial charge in [0, 0.05) is 29.0 Å². The normalized spacial score (nSPS) is 11.1. The first-order chi connectivity index (χ1) is 19.4. The van der Waals surface area contributed by atoms with Crippen molar-refractivity contribution in [3.63, 3.8) is 0 Å². The van der Waals surface area contributed by atoms with E-state index in [-0.39, 0.29) is 11.3 Å². The second kappa shape index (κ2) is 10.2. The van der Waals surface area contributed by atoms with Crippen molar-refractivity contribution >= 4 is 45.0 Å². The fourth-order valence-corrected chi connectivity index (χ4v) is 4.97. The number of para-hydroxylation sites is 2. The van der Waals surface area contributed by atoms with Gasteiger partial charge in [-0.05, 0) is 60.7 Å². The second-order valence-corrected chi connectivity index (χ2v) is 9.49. The Morgan fingerprint density at radius 1 is 0.900 bits per heavy atom. The average Bonchev–Trinajstić information content (AvgIpc) is 3.27. The molecule has 1 N–H and O–H groups in total. The Labute approximate surface area is 234 Å². The third kappa shape index (κ3) is 4.44. The summed E-state index contributed by atoms with van der Waals surface area (Å²) < 4.78 is 14.1. The Kier molecular flexibility index (Phi) is 6.45. The highest BCUT2D eigenvalue weighted by molar-refractivity contribution is 6.32. The van der Waals surface area contributed by atoms with E-state index in [1.54, 1.807) is 54.1 Å². The van der Waals surface area contributed by atoms with E-state index in [2.05, 4.69) is 10.4 Å². The number of aromatic nitrogens is 3. The molecule has 8 nitrogen and oxygen atoms in total. The lowest BCUT2D eigenvalue weighted by Gasteiger charge is -2.12. The van der Waals surface area contributed by atoms with Crippen molar-refractivity contribution in [2.24, 2.45) is 7.05 Å². The van der Waals surface area contributed by atoms with E-state index in [9.17, 15) is 9.59 Å². The lowest BCUT2D eigenvalue weighted by molar-refractivity contribution is 0.102. The molecular formula is C31H23ClN4O4. The first-order valence-corrected chi connectivity index (χ1v) is 12.8. The summed E-state index contributed by atoms with van der Waals surface area (Å²) >= 11 is 6.36. The molecule has 198 valence electrons. The van der Waals surface area contributed by atoms with Gasteiger partial charge in [-0.3, -0.25) is 9.59 Å². The van der Waals surface area contributed by atoms with Gasteiger partial charge >= 0.3 is 0 Å². The molecule has 1 amide bonds. The van der Waals surface area contributed by atoms with Crippen LogP contribution in [0.4, 0.5) is 5.69 Å². The number of methoxy groups -OCH3 is 1. The number of rotatable bonds is 6. The van der Waals surface area contributed by atoms with Crippen LogP contribution in [0.1, 0.15) is 10.5 Å². The number of halogens is 1. The summed E-state index contributed by atoms with van der Waals surface area (Å²) in [6.45, 7) is 0. The van der Waals surface area contributed by atoms with Gasteiger partial charge in [-0.2, -0.15) is 9.78 Å². The zero-order chi connectivity index (χ0) is 27.8. The predicted molar refractivity (Wildman–Crippen MR) is 156 cm³/mol. The van der Waals surface area contributed by atoms with E-state index >= 15 is 0 Å². The summed E-state index contributed by atoms with van der Waals surface area (Å²) in [5.74, 6) is 1.33. The number of nitrogens with zero attached hydrogens (tertiary/aromatic N) is 3. The van der Waals surface area contributed by atoms with Crippen LogP contribution >= 0.6 is 11.6 Å². The highest BCUT2D eigenvalue weighted by Crippen LogP contribution is 2.31. The molecule has 6 aromatic rings. The van der Waals surface area contributed by atoms with Crippen LogP contribution in [0.3, 0.4) is 0 Å². The molecule has 40 heavy (non-hydrogen) atoms. The van der Waals surface area contributed by atoms with Crippen molar-refractivity contribution in [3.8, 4) is 22.9 Å². The summed E-state index contributed by atoms with van der Waals surface area (Å²) in [6.07, 6.45) is 0. The standard InChI is InChI=1S/C31H23ClN4O4/c1-35-25-11-7-6-10-23(25)27-28(34-36(31(38)29(27)35)20-14-17-26(39-2)24(32)18-20)30(37)33-19-12-15-22(16-13-19)40-21-8-4-3-5-9-21/h3-18H,1-2H3,(H,33,37). The van der Waals surface area contributed by atoms with E-state index in [0.29, 0.717) is 44.5 Å². The number of fused-ring (bicyclic) bond motifs is 3. The van der Waals surface area contributed by atoms with Gasteiger partial charge in [-0.1, -0.05) is 48.0 Å². The molecule has 0 bridgehead atoms. The number of hydrogen-bond acceptors (Lipinski definition) is 5. The summed E-state index contributed by atoms with van der Waals surface area (Å²) in [7, 11) is 3.31. The Hall–Kier alpha value is -5.08. The number of benzene rings is 4. The summed E-state index contributed by atoms with van der Waals surface area (Å²) in [5.41, 5.74) is 1.82. The number of amides is 1. The molecule has 4 aromatic carbocycles. The van der Waals surface area contributed by atoms with Gasteiger partial charge in [0.05, 0.1) is 17.8 Å². The summed E-state index contributed by atoms with van der Waals surface area (Å²) in [5, 5.41) is 9.01. The number of nitrogens with one attached hydrogen (secondary N) is 1. The molecule has 6 rings (SSSR count). The predicted octanol–water partition coefficient (Wildman–Crippen LogP) is 6.58. The van der Waals surface area contributed by atoms with Crippen LogP contribution in [0.5, 0.6) is 17.2 Å². The van der Waals surface area contributed by atoms with E-state index in [0.717, 1.165) is 10.9 Å². The van der Waals surface area contributed by atoms with Gasteiger partial charge in [-0.25, -0.2) is 0 Å². The Morgan fingerprint density at radius 3 is 2.33 bits per heavy atom. The SMILES string of the molecule is COc1ccc(-n2nc(C(=O)Nc3ccc(Oc4ccccc4)cc3)c3c4ccccc4n(C)c3c2=O)cc1Cl. The highest BCUT2D eigenvalue weighted by Gasteiger charge is 2.24. The van der Waals surface area contributed by atoms with Crippen LogP contribution in [-0.4, -0.2) is 27.4 Å². The Balaban J connectivity index is 1.44. The lowest BCUT2D eigenvalue weighted by atomic mass is 10.1. The number of carbonyl (C=O) groups is 1. The van der Waals surface area contributed by atoms with Crippen LogP contribution in [0.25, 0.3) is 27.5 Å². The van der Waals surface area contributed by atoms with Crippen molar-refractivity contribution in [3.05, 3.63) is 118 Å². The number of carbonyl (C=O) groups excluding carboxylic acids is 1. The zero-order valence-electron chi connectivity index (χ0n) is 21.6. The molecule has 0 atom stereocenters. The van der Waals surface area contributed by atoms with E-state index < -0.39 is 5.91 Å². The monoisotopic (exact) mass is 550 g/mol. The fourth-order valence-electron chi connectivity index (χ4n) is 4.72. The Morgan fingerprint density at radius 2 is 1.60 bits per heavy atom. The number of anilines is 1. The number of aryl methyl sites for hydroxylation is 1. The van der Waals surface area contributed by atoms with Crippen LogP contribution in [0, 0.1) is 0 Å². The van der Waals surface area contributed by atoms with Crippen LogP contribution in [-0.2, 0) is 7.05 Å². The third-order valence-corrected chi connectivity index (χ3v) is 6.92. The van der Waals surface area contributed by atoms with Gasteiger partial charge in [0.15, 0.2) is 5.69 Å². The van der Waals surface area contributed by atoms with Crippen LogP contribution < -0.4 is 20.3 Å². The average molecular weight is 551 g/mol. The van der Waals surface area contributed by atoms with Gasteiger partial charge in [0.25, 0.3) is 11.5 Å². The highest BCUT2D eigenvalue weighted by atomic mass is 35.5. The molecule has 9 heteroatoms. The quantitative estimate of drug-likeness (QED) is 0.253.